The van der Waals surface area contributed by atoms with Crippen LogP contribution in [0.25, 0.3) is 0 Å². The third kappa shape index (κ3) is 4.30. The van der Waals surface area contributed by atoms with Crippen molar-refractivity contribution in [3.8, 4) is 0 Å². The maximum atomic E-state index is 12.9. The minimum atomic E-state index is 0. The van der Waals surface area contributed by atoms with E-state index in [0.29, 0.717) is 24.5 Å². The summed E-state index contributed by atoms with van der Waals surface area (Å²) < 4.78 is 7.76. The highest BCUT2D eigenvalue weighted by Crippen LogP contribution is 2.59. The minimum absolute atomic E-state index is 0. The van der Waals surface area contributed by atoms with Gasteiger partial charge in [0.15, 0.2) is 0 Å². The SMILES string of the molecule is Cc1cnn(CC2CN(C(=O)C3CC34CCNCC4)CCO2)c1.Cl.Cl. The number of amides is 1. The molecule has 2 saturated heterocycles. The monoisotopic (exact) mass is 390 g/mol. The number of hydrogen-bond acceptors (Lipinski definition) is 4. The van der Waals surface area contributed by atoms with Crippen LogP contribution in [0.1, 0.15) is 24.8 Å². The molecular formula is C17H28Cl2N4O2. The maximum absolute atomic E-state index is 12.9. The van der Waals surface area contributed by atoms with E-state index in [4.69, 9.17) is 4.74 Å². The number of piperidine rings is 1. The number of nitrogens with zero attached hydrogens (tertiary/aromatic N) is 3. The Hall–Kier alpha value is -0.820. The van der Waals surface area contributed by atoms with Gasteiger partial charge in [0.05, 0.1) is 25.5 Å². The normalized spacial score (nSPS) is 27.3. The van der Waals surface area contributed by atoms with Crippen LogP contribution in [0.5, 0.6) is 0 Å². The number of nitrogens with one attached hydrogen (secondary N) is 1. The number of hydrogen-bond donors (Lipinski definition) is 1. The van der Waals surface area contributed by atoms with Crippen LogP contribution < -0.4 is 5.32 Å². The van der Waals surface area contributed by atoms with E-state index in [9.17, 15) is 4.79 Å². The van der Waals surface area contributed by atoms with Gasteiger partial charge in [0.2, 0.25) is 5.91 Å². The zero-order chi connectivity index (χ0) is 15.9. The van der Waals surface area contributed by atoms with E-state index < -0.39 is 0 Å². The number of morpholine rings is 1. The minimum Gasteiger partial charge on any atom is -0.373 e. The first-order chi connectivity index (χ1) is 11.2. The molecule has 6 nitrogen and oxygen atoms in total. The van der Waals surface area contributed by atoms with Gasteiger partial charge in [-0.05, 0) is 50.3 Å². The molecule has 142 valence electrons. The van der Waals surface area contributed by atoms with Crippen molar-refractivity contribution in [1.82, 2.24) is 20.0 Å². The molecule has 4 rings (SSSR count). The molecule has 2 aliphatic heterocycles. The zero-order valence-corrected chi connectivity index (χ0v) is 16.3. The van der Waals surface area contributed by atoms with Crippen molar-refractivity contribution in [2.75, 3.05) is 32.8 Å². The smallest absolute Gasteiger partial charge is 0.226 e. The number of aryl methyl sites for hydroxylation is 1. The first kappa shape index (κ1) is 20.5. The standard InChI is InChI=1S/C17H26N4O2.2ClH/c1-13-9-19-21(10-13)12-14-11-20(6-7-23-14)16(22)15-8-17(15)2-4-18-5-3-17;;/h9-10,14-15,18H,2-8,11-12H2,1H3;2*1H. The first-order valence-corrected chi connectivity index (χ1v) is 8.76. The third-order valence-corrected chi connectivity index (χ3v) is 5.69. The number of ether oxygens (including phenoxy) is 1. The van der Waals surface area contributed by atoms with E-state index in [1.54, 1.807) is 0 Å². The van der Waals surface area contributed by atoms with E-state index in [2.05, 4.69) is 10.4 Å². The van der Waals surface area contributed by atoms with Gasteiger partial charge in [-0.3, -0.25) is 9.48 Å². The van der Waals surface area contributed by atoms with E-state index in [1.165, 1.54) is 0 Å². The molecule has 2 unspecified atom stereocenters. The molecule has 3 heterocycles. The fraction of sp³-hybridized carbons (Fsp3) is 0.765. The average molecular weight is 391 g/mol. The second kappa shape index (κ2) is 8.25. The summed E-state index contributed by atoms with van der Waals surface area (Å²) in [5.41, 5.74) is 1.47. The fourth-order valence-electron chi connectivity index (χ4n) is 4.20. The molecule has 3 fully saturated rings. The van der Waals surface area contributed by atoms with Gasteiger partial charge < -0.3 is 15.0 Å². The van der Waals surface area contributed by atoms with Crippen LogP contribution >= 0.6 is 24.8 Å². The predicted molar refractivity (Wildman–Crippen MR) is 100 cm³/mol. The Balaban J connectivity index is 0.00000113. The van der Waals surface area contributed by atoms with Gasteiger partial charge in [-0.2, -0.15) is 5.10 Å². The molecule has 1 amide bonds. The number of aromatic nitrogens is 2. The molecule has 25 heavy (non-hydrogen) atoms. The van der Waals surface area contributed by atoms with Crippen molar-refractivity contribution in [2.24, 2.45) is 11.3 Å². The van der Waals surface area contributed by atoms with Gasteiger partial charge in [0, 0.05) is 25.2 Å². The van der Waals surface area contributed by atoms with Gasteiger partial charge >= 0.3 is 0 Å². The van der Waals surface area contributed by atoms with Crippen molar-refractivity contribution in [3.63, 3.8) is 0 Å². The topological polar surface area (TPSA) is 59.4 Å². The first-order valence-electron chi connectivity index (χ1n) is 8.76. The highest BCUT2D eigenvalue weighted by molar-refractivity contribution is 5.85. The molecular weight excluding hydrogens is 363 g/mol. The lowest BCUT2D eigenvalue weighted by atomic mass is 9.91. The predicted octanol–water partition coefficient (Wildman–Crippen LogP) is 1.65. The Kier molecular flexibility index (Phi) is 6.76. The zero-order valence-electron chi connectivity index (χ0n) is 14.6. The van der Waals surface area contributed by atoms with Crippen molar-refractivity contribution < 1.29 is 9.53 Å². The number of rotatable bonds is 3. The summed E-state index contributed by atoms with van der Waals surface area (Å²) >= 11 is 0. The molecule has 0 radical (unpaired) electrons. The van der Waals surface area contributed by atoms with Crippen molar-refractivity contribution in [3.05, 3.63) is 18.0 Å². The summed E-state index contributed by atoms with van der Waals surface area (Å²) in [6.07, 6.45) is 7.34. The largest absolute Gasteiger partial charge is 0.373 e. The van der Waals surface area contributed by atoms with Crippen LogP contribution in [0.2, 0.25) is 0 Å². The molecule has 1 aliphatic carbocycles. The van der Waals surface area contributed by atoms with Gasteiger partial charge in [-0.25, -0.2) is 0 Å². The Morgan fingerprint density at radius 3 is 2.84 bits per heavy atom. The third-order valence-electron chi connectivity index (χ3n) is 5.69. The summed E-state index contributed by atoms with van der Waals surface area (Å²) in [6.45, 7) is 6.95. The van der Waals surface area contributed by atoms with Gasteiger partial charge in [-0.1, -0.05) is 0 Å². The average Bonchev–Trinajstić information content (AvgIpc) is 3.09. The quantitative estimate of drug-likeness (QED) is 0.852. The van der Waals surface area contributed by atoms with E-state index in [-0.39, 0.29) is 36.8 Å². The van der Waals surface area contributed by atoms with Crippen molar-refractivity contribution >= 4 is 30.7 Å². The highest BCUT2D eigenvalue weighted by atomic mass is 35.5. The van der Waals surface area contributed by atoms with Crippen LogP contribution in [-0.2, 0) is 16.1 Å². The maximum Gasteiger partial charge on any atom is 0.226 e. The summed E-state index contributed by atoms with van der Waals surface area (Å²) in [4.78, 5) is 14.9. The number of carbonyl (C=O) groups is 1. The van der Waals surface area contributed by atoms with Crippen molar-refractivity contribution in [1.29, 1.82) is 0 Å². The van der Waals surface area contributed by atoms with Crippen LogP contribution in [0.4, 0.5) is 0 Å². The van der Waals surface area contributed by atoms with E-state index in [0.717, 1.165) is 51.0 Å². The molecule has 1 aromatic heterocycles. The lowest BCUT2D eigenvalue weighted by Gasteiger charge is -2.34. The Labute approximate surface area is 161 Å². The molecule has 1 spiro atoms. The summed E-state index contributed by atoms with van der Waals surface area (Å²) in [5, 5.41) is 7.72. The second-order valence-corrected chi connectivity index (χ2v) is 7.39. The lowest BCUT2D eigenvalue weighted by Crippen LogP contribution is -2.48. The number of carbonyl (C=O) groups excluding carboxylic acids is 1. The summed E-state index contributed by atoms with van der Waals surface area (Å²) in [7, 11) is 0. The molecule has 0 bridgehead atoms. The fourth-order valence-corrected chi connectivity index (χ4v) is 4.20. The molecule has 2 atom stereocenters. The lowest BCUT2D eigenvalue weighted by molar-refractivity contribution is -0.141. The summed E-state index contributed by atoms with van der Waals surface area (Å²) in [5.74, 6) is 0.618. The molecule has 0 aromatic carbocycles. The molecule has 8 heteroatoms. The summed E-state index contributed by atoms with van der Waals surface area (Å²) in [6, 6.07) is 0. The second-order valence-electron chi connectivity index (χ2n) is 7.39. The Morgan fingerprint density at radius 1 is 1.40 bits per heavy atom. The Morgan fingerprint density at radius 2 is 2.16 bits per heavy atom. The van der Waals surface area contributed by atoms with E-state index in [1.807, 2.05) is 28.9 Å². The van der Waals surface area contributed by atoms with Gasteiger partial charge in [0.25, 0.3) is 0 Å². The van der Waals surface area contributed by atoms with Crippen molar-refractivity contribution in [2.45, 2.75) is 38.8 Å². The van der Waals surface area contributed by atoms with Crippen LogP contribution in [0.3, 0.4) is 0 Å². The molecule has 1 saturated carbocycles. The van der Waals surface area contributed by atoms with E-state index >= 15 is 0 Å². The molecule has 1 N–H and O–H groups in total. The molecule has 1 aromatic rings. The van der Waals surface area contributed by atoms with Gasteiger partial charge in [0.1, 0.15) is 0 Å². The van der Waals surface area contributed by atoms with Crippen LogP contribution in [0, 0.1) is 18.3 Å². The van der Waals surface area contributed by atoms with Gasteiger partial charge in [-0.15, -0.1) is 24.8 Å². The van der Waals surface area contributed by atoms with Crippen LogP contribution in [-0.4, -0.2) is 59.5 Å². The Bertz CT molecular complexity index is 589. The number of halogens is 2. The van der Waals surface area contributed by atoms with Crippen LogP contribution in [0.15, 0.2) is 12.4 Å². The molecule has 3 aliphatic rings. The highest BCUT2D eigenvalue weighted by Gasteiger charge is 2.58.